The molecule has 0 aliphatic heterocycles. The molecular formula is C55H105NO3. The Kier molecular flexibility index (Phi) is 49.8. The van der Waals surface area contributed by atoms with Crippen LogP contribution in [0.3, 0.4) is 0 Å². The zero-order chi connectivity index (χ0) is 42.8. The van der Waals surface area contributed by atoms with Gasteiger partial charge in [0.05, 0.1) is 18.8 Å². The second-order valence-corrected chi connectivity index (χ2v) is 18.3. The Balaban J connectivity index is 3.44. The van der Waals surface area contributed by atoms with Gasteiger partial charge < -0.3 is 15.5 Å². The predicted molar refractivity (Wildman–Crippen MR) is 262 cm³/mol. The lowest BCUT2D eigenvalue weighted by Gasteiger charge is -2.19. The summed E-state index contributed by atoms with van der Waals surface area (Å²) in [6.07, 6.45) is 68.8. The Morgan fingerprint density at radius 1 is 0.390 bits per heavy atom. The number of unbranched alkanes of at least 4 members (excludes halogenated alkanes) is 38. The molecule has 0 aliphatic carbocycles. The van der Waals surface area contributed by atoms with Crippen LogP contribution in [0.4, 0.5) is 0 Å². The summed E-state index contributed by atoms with van der Waals surface area (Å²) < 4.78 is 0. The summed E-state index contributed by atoms with van der Waals surface area (Å²) in [5.41, 5.74) is 0. The minimum Gasteiger partial charge on any atom is -0.394 e. The lowest BCUT2D eigenvalue weighted by atomic mass is 10.0. The van der Waals surface area contributed by atoms with Gasteiger partial charge in [-0.2, -0.15) is 0 Å². The van der Waals surface area contributed by atoms with Gasteiger partial charge in [0.25, 0.3) is 0 Å². The highest BCUT2D eigenvalue weighted by Crippen LogP contribution is 2.17. The van der Waals surface area contributed by atoms with Gasteiger partial charge in [-0.3, -0.25) is 4.79 Å². The smallest absolute Gasteiger partial charge is 0.220 e. The molecular weight excluding hydrogens is 723 g/mol. The molecule has 0 saturated carbocycles. The lowest BCUT2D eigenvalue weighted by molar-refractivity contribution is -0.123. The maximum atomic E-state index is 12.4. The van der Waals surface area contributed by atoms with Crippen molar-refractivity contribution in [3.05, 3.63) is 36.5 Å². The molecule has 0 radical (unpaired) electrons. The third-order valence-electron chi connectivity index (χ3n) is 12.4. The average molecular weight is 828 g/mol. The van der Waals surface area contributed by atoms with Gasteiger partial charge in [-0.15, -0.1) is 0 Å². The van der Waals surface area contributed by atoms with E-state index < -0.39 is 12.1 Å². The number of amides is 1. The summed E-state index contributed by atoms with van der Waals surface area (Å²) >= 11 is 0. The van der Waals surface area contributed by atoms with E-state index in [-0.39, 0.29) is 12.5 Å². The quantitative estimate of drug-likeness (QED) is 0.0423. The van der Waals surface area contributed by atoms with Crippen molar-refractivity contribution in [2.45, 2.75) is 302 Å². The Labute approximate surface area is 370 Å². The van der Waals surface area contributed by atoms with Gasteiger partial charge in [-0.25, -0.2) is 0 Å². The monoisotopic (exact) mass is 828 g/mol. The van der Waals surface area contributed by atoms with Crippen molar-refractivity contribution in [3.63, 3.8) is 0 Å². The van der Waals surface area contributed by atoms with Crippen LogP contribution in [-0.4, -0.2) is 34.9 Å². The van der Waals surface area contributed by atoms with Crippen molar-refractivity contribution in [1.82, 2.24) is 5.32 Å². The van der Waals surface area contributed by atoms with Crippen LogP contribution in [0.1, 0.15) is 290 Å². The number of nitrogens with one attached hydrogen (secondary N) is 1. The number of carbonyl (C=O) groups is 1. The number of allylic oxidation sites excluding steroid dienone is 5. The van der Waals surface area contributed by atoms with E-state index in [0.717, 1.165) is 38.5 Å². The van der Waals surface area contributed by atoms with Crippen LogP contribution in [-0.2, 0) is 4.79 Å². The molecule has 0 heterocycles. The third-order valence-corrected chi connectivity index (χ3v) is 12.4. The fraction of sp³-hybridized carbons (Fsp3) is 0.873. The van der Waals surface area contributed by atoms with E-state index in [4.69, 9.17) is 0 Å². The van der Waals surface area contributed by atoms with Crippen LogP contribution in [0.25, 0.3) is 0 Å². The van der Waals surface area contributed by atoms with E-state index in [1.807, 2.05) is 6.08 Å². The van der Waals surface area contributed by atoms with Gasteiger partial charge in [-0.05, 0) is 44.9 Å². The second-order valence-electron chi connectivity index (χ2n) is 18.3. The molecule has 0 rings (SSSR count). The van der Waals surface area contributed by atoms with E-state index >= 15 is 0 Å². The first-order valence-corrected chi connectivity index (χ1v) is 26.7. The van der Waals surface area contributed by atoms with Gasteiger partial charge in [0.15, 0.2) is 0 Å². The zero-order valence-corrected chi connectivity index (χ0v) is 40.0. The molecule has 4 nitrogen and oxygen atoms in total. The number of hydrogen-bond acceptors (Lipinski definition) is 3. The summed E-state index contributed by atoms with van der Waals surface area (Å²) in [5.74, 6) is -0.0736. The Morgan fingerprint density at radius 3 is 0.983 bits per heavy atom. The van der Waals surface area contributed by atoms with E-state index in [2.05, 4.69) is 43.5 Å². The molecule has 0 aromatic rings. The average Bonchev–Trinajstić information content (AvgIpc) is 3.24. The van der Waals surface area contributed by atoms with Crippen molar-refractivity contribution in [2.75, 3.05) is 6.61 Å². The molecule has 0 aromatic carbocycles. The minimum absolute atomic E-state index is 0.0736. The highest BCUT2D eigenvalue weighted by atomic mass is 16.3. The van der Waals surface area contributed by atoms with Crippen LogP contribution in [0.2, 0.25) is 0 Å². The maximum Gasteiger partial charge on any atom is 0.220 e. The van der Waals surface area contributed by atoms with E-state index in [1.54, 1.807) is 6.08 Å². The van der Waals surface area contributed by atoms with E-state index in [1.165, 1.54) is 231 Å². The Morgan fingerprint density at radius 2 is 0.661 bits per heavy atom. The van der Waals surface area contributed by atoms with Crippen molar-refractivity contribution < 1.29 is 15.0 Å². The zero-order valence-electron chi connectivity index (χ0n) is 40.0. The van der Waals surface area contributed by atoms with Crippen LogP contribution in [0.15, 0.2) is 36.5 Å². The summed E-state index contributed by atoms with van der Waals surface area (Å²) in [4.78, 5) is 12.4. The predicted octanol–water partition coefficient (Wildman–Crippen LogP) is 17.3. The standard InChI is InChI=1S/C55H105NO3/c1-3-5-7-9-11-13-15-17-19-20-21-22-23-24-25-26-27-28-29-30-31-32-33-34-35-37-39-41-43-45-47-49-51-55(59)56-53(52-57)54(58)50-48-46-44-42-40-38-36-18-16-14-12-10-8-6-4-2/h16,18,40,42,48,50,53-54,57-58H,3-15,17,19-39,41,43-47,49,51-52H2,1-2H3,(H,56,59)/b18-16+,42-40+,50-48+. The lowest BCUT2D eigenvalue weighted by Crippen LogP contribution is -2.45. The molecule has 59 heavy (non-hydrogen) atoms. The molecule has 2 unspecified atom stereocenters. The molecule has 2 atom stereocenters. The summed E-state index contributed by atoms with van der Waals surface area (Å²) in [6.45, 7) is 4.30. The number of rotatable bonds is 49. The highest BCUT2D eigenvalue weighted by Gasteiger charge is 2.17. The Hall–Kier alpha value is -1.39. The van der Waals surface area contributed by atoms with Crippen molar-refractivity contribution in [2.24, 2.45) is 0 Å². The van der Waals surface area contributed by atoms with Gasteiger partial charge >= 0.3 is 0 Å². The topological polar surface area (TPSA) is 69.6 Å². The van der Waals surface area contributed by atoms with Gasteiger partial charge in [0.2, 0.25) is 5.91 Å². The van der Waals surface area contributed by atoms with Gasteiger partial charge in [-0.1, -0.05) is 275 Å². The van der Waals surface area contributed by atoms with Gasteiger partial charge in [0.1, 0.15) is 0 Å². The van der Waals surface area contributed by atoms with Crippen LogP contribution in [0.5, 0.6) is 0 Å². The van der Waals surface area contributed by atoms with Crippen LogP contribution < -0.4 is 5.32 Å². The first-order valence-electron chi connectivity index (χ1n) is 26.7. The molecule has 0 aliphatic rings. The summed E-state index contributed by atoms with van der Waals surface area (Å²) in [6, 6.07) is -0.643. The normalized spacial score (nSPS) is 13.1. The maximum absolute atomic E-state index is 12.4. The van der Waals surface area contributed by atoms with Crippen LogP contribution in [0, 0.1) is 0 Å². The first-order chi connectivity index (χ1) is 29.2. The number of aliphatic hydroxyl groups excluding tert-OH is 2. The molecule has 1 amide bonds. The van der Waals surface area contributed by atoms with Crippen molar-refractivity contribution in [1.29, 1.82) is 0 Å². The van der Waals surface area contributed by atoms with Crippen molar-refractivity contribution >= 4 is 5.91 Å². The Bertz CT molecular complexity index is 897. The molecule has 4 heteroatoms. The molecule has 0 aromatic heterocycles. The first kappa shape index (κ1) is 57.6. The molecule has 348 valence electrons. The van der Waals surface area contributed by atoms with E-state index in [0.29, 0.717) is 6.42 Å². The van der Waals surface area contributed by atoms with Crippen molar-refractivity contribution in [3.8, 4) is 0 Å². The van der Waals surface area contributed by atoms with E-state index in [9.17, 15) is 15.0 Å². The van der Waals surface area contributed by atoms with Gasteiger partial charge in [0, 0.05) is 6.42 Å². The fourth-order valence-electron chi connectivity index (χ4n) is 8.27. The highest BCUT2D eigenvalue weighted by molar-refractivity contribution is 5.76. The molecule has 0 fully saturated rings. The minimum atomic E-state index is -0.867. The largest absolute Gasteiger partial charge is 0.394 e. The summed E-state index contributed by atoms with van der Waals surface area (Å²) in [5, 5.41) is 23.0. The SMILES string of the molecule is CCCCCCC/C=C/CC/C=C/CC/C=C/C(O)C(CO)NC(=O)CCCCCCCCCCCCCCCCCCCCCCCCCCCCCCCCCC. The third kappa shape index (κ3) is 47.5. The number of hydrogen-bond donors (Lipinski definition) is 3. The summed E-state index contributed by atoms with van der Waals surface area (Å²) in [7, 11) is 0. The number of aliphatic hydroxyl groups is 2. The molecule has 3 N–H and O–H groups in total. The molecule has 0 bridgehead atoms. The van der Waals surface area contributed by atoms with Crippen LogP contribution >= 0.6 is 0 Å². The molecule has 0 spiro atoms. The number of carbonyl (C=O) groups excluding carboxylic acids is 1. The second kappa shape index (κ2) is 51.0. The molecule has 0 saturated heterocycles. The fourth-order valence-corrected chi connectivity index (χ4v) is 8.27.